The number of carbonyl (C=O) groups is 2. The van der Waals surface area contributed by atoms with Crippen molar-refractivity contribution in [1.82, 2.24) is 9.47 Å². The number of amides is 1. The fourth-order valence-corrected chi connectivity index (χ4v) is 7.41. The van der Waals surface area contributed by atoms with Crippen molar-refractivity contribution in [1.29, 1.82) is 0 Å². The van der Waals surface area contributed by atoms with Crippen LogP contribution in [-0.2, 0) is 16.8 Å². The normalized spacial score (nSPS) is 16.6. The van der Waals surface area contributed by atoms with Crippen LogP contribution in [0.5, 0.6) is 0 Å². The van der Waals surface area contributed by atoms with Gasteiger partial charge in [-0.25, -0.2) is 9.18 Å². The largest absolute Gasteiger partial charge is 0.478 e. The highest BCUT2D eigenvalue weighted by molar-refractivity contribution is 7.99. The van der Waals surface area contributed by atoms with E-state index in [2.05, 4.69) is 18.0 Å². The minimum Gasteiger partial charge on any atom is -0.478 e. The lowest BCUT2D eigenvalue weighted by Crippen LogP contribution is -2.45. The molecule has 9 heteroatoms. The topological polar surface area (TPSA) is 65.8 Å². The summed E-state index contributed by atoms with van der Waals surface area (Å²) in [5.41, 5.74) is 3.25. The van der Waals surface area contributed by atoms with Crippen LogP contribution in [0, 0.1) is 12.7 Å². The number of hydrogen-bond donors (Lipinski definition) is 1. The molecule has 0 atom stereocenters. The Labute approximate surface area is 241 Å². The lowest BCUT2D eigenvalue weighted by atomic mass is 9.74. The Kier molecular flexibility index (Phi) is 6.89. The average molecular weight is 578 g/mol. The number of hydrogen-bond acceptors (Lipinski definition) is 4. The van der Waals surface area contributed by atoms with Gasteiger partial charge in [0.05, 0.1) is 16.1 Å². The van der Waals surface area contributed by atoms with Gasteiger partial charge in [0.25, 0.3) is 0 Å². The molecule has 0 radical (unpaired) electrons. The molecular formula is C31H29ClFN3O3S. The van der Waals surface area contributed by atoms with E-state index in [1.807, 2.05) is 36.1 Å². The minimum atomic E-state index is -1.02. The van der Waals surface area contributed by atoms with Crippen LogP contribution in [0.15, 0.2) is 70.5 Å². The minimum absolute atomic E-state index is 0.0140. The van der Waals surface area contributed by atoms with Crippen molar-refractivity contribution in [2.75, 3.05) is 31.6 Å². The number of aromatic nitrogens is 1. The van der Waals surface area contributed by atoms with Gasteiger partial charge < -0.3 is 19.5 Å². The molecule has 6 nitrogen and oxygen atoms in total. The number of aromatic carboxylic acids is 1. The Bertz CT molecular complexity index is 1660. The first-order valence-electron chi connectivity index (χ1n) is 13.2. The van der Waals surface area contributed by atoms with Crippen LogP contribution >= 0.6 is 23.4 Å². The van der Waals surface area contributed by atoms with Gasteiger partial charge in [0.15, 0.2) is 5.82 Å². The molecule has 2 aliphatic rings. The molecule has 1 saturated heterocycles. The second kappa shape index (κ2) is 10.3. The summed E-state index contributed by atoms with van der Waals surface area (Å²) in [5, 5.41) is 10.0. The Balaban J connectivity index is 1.38. The molecule has 1 fully saturated rings. The van der Waals surface area contributed by atoms with E-state index in [1.54, 1.807) is 22.8 Å². The molecule has 206 valence electrons. The van der Waals surface area contributed by atoms with E-state index in [1.165, 1.54) is 29.5 Å². The standard InChI is InChI=1S/C31H29ClFN3O3S/c1-19-29(40-21-7-5-6-20(16-21)30(38)39)22-10-11-24(32)27(33)28(22)35(19)17-26(37)36-18-31(12-14-34(2)15-13-31)23-8-3-4-9-25(23)36/h3-11,16H,12-15,17-18H2,1-2H3,(H,38,39). The quantitative estimate of drug-likeness (QED) is 0.289. The van der Waals surface area contributed by atoms with Crippen LogP contribution in [0.2, 0.25) is 5.02 Å². The average Bonchev–Trinajstić information content (AvgIpc) is 3.41. The number of nitrogens with zero attached hydrogens (tertiary/aromatic N) is 3. The number of carboxylic acid groups (broad SMARTS) is 1. The number of carbonyl (C=O) groups excluding carboxylic acids is 1. The van der Waals surface area contributed by atoms with E-state index >= 15 is 4.39 Å². The second-order valence-electron chi connectivity index (χ2n) is 10.8. The molecular weight excluding hydrogens is 549 g/mol. The number of likely N-dealkylation sites (tertiary alicyclic amines) is 1. The molecule has 40 heavy (non-hydrogen) atoms. The first kappa shape index (κ1) is 26.9. The third-order valence-electron chi connectivity index (χ3n) is 8.38. The summed E-state index contributed by atoms with van der Waals surface area (Å²) in [6.07, 6.45) is 1.96. The summed E-state index contributed by atoms with van der Waals surface area (Å²) in [5.74, 6) is -1.69. The molecule has 0 aliphatic carbocycles. The first-order valence-corrected chi connectivity index (χ1v) is 14.4. The van der Waals surface area contributed by atoms with Crippen molar-refractivity contribution < 1.29 is 19.1 Å². The number of para-hydroxylation sites is 1. The van der Waals surface area contributed by atoms with Gasteiger partial charge in [-0.2, -0.15) is 0 Å². The molecule has 3 heterocycles. The maximum absolute atomic E-state index is 15.6. The summed E-state index contributed by atoms with van der Waals surface area (Å²) in [4.78, 5) is 31.2. The van der Waals surface area contributed by atoms with Gasteiger partial charge in [0.2, 0.25) is 5.91 Å². The van der Waals surface area contributed by atoms with Gasteiger partial charge in [-0.05, 0) is 81.9 Å². The number of halogens is 2. The molecule has 0 unspecified atom stereocenters. The number of piperidine rings is 1. The highest BCUT2D eigenvalue weighted by atomic mass is 35.5. The molecule has 6 rings (SSSR count). The summed E-state index contributed by atoms with van der Waals surface area (Å²) < 4.78 is 17.3. The van der Waals surface area contributed by atoms with E-state index in [4.69, 9.17) is 11.6 Å². The van der Waals surface area contributed by atoms with Gasteiger partial charge in [-0.3, -0.25) is 4.79 Å². The molecule has 4 aromatic rings. The fraction of sp³-hybridized carbons (Fsp3) is 0.290. The van der Waals surface area contributed by atoms with Crippen molar-refractivity contribution in [2.24, 2.45) is 0 Å². The maximum atomic E-state index is 15.6. The van der Waals surface area contributed by atoms with Crippen molar-refractivity contribution in [2.45, 2.75) is 41.5 Å². The maximum Gasteiger partial charge on any atom is 0.335 e. The summed E-state index contributed by atoms with van der Waals surface area (Å²) in [7, 11) is 2.13. The van der Waals surface area contributed by atoms with Gasteiger partial charge in [0, 0.05) is 38.5 Å². The molecule has 0 bridgehead atoms. The van der Waals surface area contributed by atoms with Gasteiger partial charge >= 0.3 is 5.97 Å². The zero-order valence-electron chi connectivity index (χ0n) is 22.3. The van der Waals surface area contributed by atoms with Crippen molar-refractivity contribution in [3.8, 4) is 0 Å². The van der Waals surface area contributed by atoms with Gasteiger partial charge in [0.1, 0.15) is 6.54 Å². The molecule has 1 spiro atoms. The van der Waals surface area contributed by atoms with E-state index in [9.17, 15) is 14.7 Å². The molecule has 1 amide bonds. The van der Waals surface area contributed by atoms with Crippen molar-refractivity contribution in [3.05, 3.63) is 88.3 Å². The summed E-state index contributed by atoms with van der Waals surface area (Å²) in [6.45, 7) is 4.39. The van der Waals surface area contributed by atoms with Crippen LogP contribution in [0.1, 0.15) is 34.5 Å². The van der Waals surface area contributed by atoms with Crippen LogP contribution in [0.4, 0.5) is 10.1 Å². The van der Waals surface area contributed by atoms with Crippen LogP contribution < -0.4 is 4.90 Å². The van der Waals surface area contributed by atoms with Crippen molar-refractivity contribution >= 4 is 51.8 Å². The zero-order valence-corrected chi connectivity index (χ0v) is 23.9. The fourth-order valence-electron chi connectivity index (χ4n) is 6.16. The third kappa shape index (κ3) is 4.48. The van der Waals surface area contributed by atoms with E-state index in [-0.39, 0.29) is 34.0 Å². The Hall–Kier alpha value is -3.33. The monoisotopic (exact) mass is 577 g/mol. The summed E-state index contributed by atoms with van der Waals surface area (Å²) >= 11 is 7.57. The molecule has 2 aliphatic heterocycles. The Morgan fingerprint density at radius 1 is 1.07 bits per heavy atom. The predicted molar refractivity (Wildman–Crippen MR) is 156 cm³/mol. The number of fused-ring (bicyclic) bond motifs is 3. The van der Waals surface area contributed by atoms with Crippen LogP contribution in [0.25, 0.3) is 10.9 Å². The number of carboxylic acids is 1. The van der Waals surface area contributed by atoms with Gasteiger partial charge in [-0.1, -0.05) is 47.6 Å². The number of rotatable bonds is 5. The van der Waals surface area contributed by atoms with Gasteiger partial charge in [-0.15, -0.1) is 0 Å². The molecule has 3 aromatic carbocycles. The first-order chi connectivity index (χ1) is 19.2. The predicted octanol–water partition coefficient (Wildman–Crippen LogP) is 6.60. The molecule has 1 aromatic heterocycles. The lowest BCUT2D eigenvalue weighted by molar-refractivity contribution is -0.119. The van der Waals surface area contributed by atoms with Crippen molar-refractivity contribution in [3.63, 3.8) is 0 Å². The Morgan fingerprint density at radius 3 is 2.58 bits per heavy atom. The lowest BCUT2D eigenvalue weighted by Gasteiger charge is -2.38. The highest BCUT2D eigenvalue weighted by Crippen LogP contribution is 2.47. The third-order valence-corrected chi connectivity index (χ3v) is 9.88. The molecule has 1 N–H and O–H groups in total. The second-order valence-corrected chi connectivity index (χ2v) is 12.3. The van der Waals surface area contributed by atoms with E-state index < -0.39 is 11.8 Å². The smallest absolute Gasteiger partial charge is 0.335 e. The highest BCUT2D eigenvalue weighted by Gasteiger charge is 2.45. The Morgan fingerprint density at radius 2 is 1.82 bits per heavy atom. The van der Waals surface area contributed by atoms with Crippen LogP contribution in [-0.4, -0.2) is 53.1 Å². The van der Waals surface area contributed by atoms with Crippen LogP contribution in [0.3, 0.4) is 0 Å². The number of benzene rings is 3. The SMILES string of the molecule is Cc1c(Sc2cccc(C(=O)O)c2)c2ccc(Cl)c(F)c2n1CC(=O)N1CC2(CCN(C)CC2)c2ccccc21. The molecule has 0 saturated carbocycles. The number of anilines is 1. The van der Waals surface area contributed by atoms with E-state index in [0.717, 1.165) is 42.2 Å². The zero-order chi connectivity index (χ0) is 28.2. The van der Waals surface area contributed by atoms with E-state index in [0.29, 0.717) is 16.8 Å². The summed E-state index contributed by atoms with van der Waals surface area (Å²) in [6, 6.07) is 18.1.